The van der Waals surface area contributed by atoms with Gasteiger partial charge in [0.1, 0.15) is 11.5 Å². The van der Waals surface area contributed by atoms with Crippen LogP contribution < -0.4 is 10.6 Å². The first-order chi connectivity index (χ1) is 12.7. The number of hydrogen-bond acceptors (Lipinski definition) is 5. The number of hydrogen-bond donors (Lipinski definition) is 1. The van der Waals surface area contributed by atoms with Crippen molar-refractivity contribution in [1.29, 1.82) is 0 Å². The number of furan rings is 1. The molecule has 0 saturated carbocycles. The average molecular weight is 372 g/mol. The van der Waals surface area contributed by atoms with Crippen LogP contribution in [0.3, 0.4) is 0 Å². The predicted molar refractivity (Wildman–Crippen MR) is 110 cm³/mol. The van der Waals surface area contributed by atoms with Gasteiger partial charge in [-0.2, -0.15) is 0 Å². The van der Waals surface area contributed by atoms with Gasteiger partial charge in [0.25, 0.3) is 0 Å². The zero-order valence-corrected chi connectivity index (χ0v) is 16.4. The second-order valence-electron chi connectivity index (χ2n) is 7.35. The highest BCUT2D eigenvalue weighted by Gasteiger charge is 2.29. The number of anilines is 1. The molecule has 0 spiro atoms. The van der Waals surface area contributed by atoms with Crippen LogP contribution in [0.5, 0.6) is 0 Å². The standard InChI is InChI=1S/C21H29N3OS/c1-16-9-10-19(25-16)21(22)17-7-3-4-8-18(17)24-13-14-26-20(15-24)23-11-5-2-6-12-23/h3-4,7-10,20-21H,2,5-6,11-15,22H2,1H3. The van der Waals surface area contributed by atoms with Crippen LogP contribution in [0.4, 0.5) is 5.69 Å². The zero-order valence-electron chi connectivity index (χ0n) is 15.6. The number of nitrogens with zero attached hydrogens (tertiary/aromatic N) is 2. The first kappa shape index (κ1) is 18.0. The van der Waals surface area contributed by atoms with Crippen molar-refractivity contribution in [2.75, 3.05) is 36.8 Å². The van der Waals surface area contributed by atoms with Gasteiger partial charge in [-0.3, -0.25) is 4.90 Å². The van der Waals surface area contributed by atoms with Crippen LogP contribution in [0.1, 0.15) is 42.4 Å². The van der Waals surface area contributed by atoms with Crippen LogP contribution in [0.25, 0.3) is 0 Å². The van der Waals surface area contributed by atoms with E-state index in [2.05, 4.69) is 45.8 Å². The first-order valence-electron chi connectivity index (χ1n) is 9.74. The van der Waals surface area contributed by atoms with Crippen molar-refractivity contribution in [2.45, 2.75) is 37.6 Å². The fourth-order valence-corrected chi connectivity index (χ4v) is 5.39. The Labute approximate surface area is 160 Å². The third kappa shape index (κ3) is 3.80. The summed E-state index contributed by atoms with van der Waals surface area (Å²) in [4.78, 5) is 5.21. The van der Waals surface area contributed by atoms with E-state index in [1.165, 1.54) is 43.8 Å². The lowest BCUT2D eigenvalue weighted by Crippen LogP contribution is -2.48. The predicted octanol–water partition coefficient (Wildman–Crippen LogP) is 4.00. The molecule has 4 rings (SSSR count). The van der Waals surface area contributed by atoms with Crippen LogP contribution in [-0.4, -0.2) is 42.2 Å². The summed E-state index contributed by atoms with van der Waals surface area (Å²) in [5.41, 5.74) is 9.00. The number of aryl methyl sites for hydroxylation is 1. The van der Waals surface area contributed by atoms with Gasteiger partial charge in [-0.1, -0.05) is 24.6 Å². The van der Waals surface area contributed by atoms with Gasteiger partial charge in [-0.15, -0.1) is 11.8 Å². The minimum atomic E-state index is -0.220. The fraction of sp³-hybridized carbons (Fsp3) is 0.524. The number of likely N-dealkylation sites (tertiary alicyclic amines) is 1. The molecule has 0 amide bonds. The van der Waals surface area contributed by atoms with Crippen LogP contribution in [0.15, 0.2) is 40.8 Å². The molecular weight excluding hydrogens is 342 g/mol. The third-order valence-electron chi connectivity index (χ3n) is 5.53. The van der Waals surface area contributed by atoms with Gasteiger partial charge in [-0.25, -0.2) is 0 Å². The van der Waals surface area contributed by atoms with E-state index < -0.39 is 0 Å². The fourth-order valence-electron chi connectivity index (χ4n) is 4.09. The highest BCUT2D eigenvalue weighted by Crippen LogP contribution is 2.34. The van der Waals surface area contributed by atoms with Crippen molar-refractivity contribution < 1.29 is 4.42 Å². The Morgan fingerprint density at radius 3 is 2.65 bits per heavy atom. The number of thioether (sulfide) groups is 1. The van der Waals surface area contributed by atoms with Gasteiger partial charge in [0.15, 0.2) is 0 Å². The number of benzene rings is 1. The molecule has 2 saturated heterocycles. The molecule has 0 radical (unpaired) electrons. The third-order valence-corrected chi connectivity index (χ3v) is 6.78. The quantitative estimate of drug-likeness (QED) is 0.880. The maximum Gasteiger partial charge on any atom is 0.125 e. The Hall–Kier alpha value is -1.43. The number of piperidine rings is 1. The lowest BCUT2D eigenvalue weighted by Gasteiger charge is -2.42. The Morgan fingerprint density at radius 2 is 1.88 bits per heavy atom. The maximum absolute atomic E-state index is 6.58. The smallest absolute Gasteiger partial charge is 0.125 e. The summed E-state index contributed by atoms with van der Waals surface area (Å²) in [7, 11) is 0. The van der Waals surface area contributed by atoms with Crippen LogP contribution in [-0.2, 0) is 0 Å². The van der Waals surface area contributed by atoms with Gasteiger partial charge in [0, 0.05) is 24.5 Å². The van der Waals surface area contributed by atoms with E-state index in [4.69, 9.17) is 10.2 Å². The molecule has 2 aromatic rings. The molecule has 5 heteroatoms. The monoisotopic (exact) mass is 371 g/mol. The minimum absolute atomic E-state index is 0.220. The molecule has 0 bridgehead atoms. The van der Waals surface area contributed by atoms with Crippen LogP contribution >= 0.6 is 11.8 Å². The van der Waals surface area contributed by atoms with Crippen molar-refractivity contribution >= 4 is 17.4 Å². The molecule has 3 heterocycles. The molecule has 26 heavy (non-hydrogen) atoms. The highest BCUT2D eigenvalue weighted by atomic mass is 32.2. The van der Waals surface area contributed by atoms with Crippen molar-refractivity contribution in [3.05, 3.63) is 53.5 Å². The van der Waals surface area contributed by atoms with Gasteiger partial charge >= 0.3 is 0 Å². The average Bonchev–Trinajstić information content (AvgIpc) is 3.14. The lowest BCUT2D eigenvalue weighted by molar-refractivity contribution is 0.213. The van der Waals surface area contributed by atoms with Crippen molar-refractivity contribution in [1.82, 2.24) is 4.90 Å². The molecule has 1 aromatic heterocycles. The van der Waals surface area contributed by atoms with Gasteiger partial charge in [0.05, 0.1) is 11.4 Å². The number of para-hydroxylation sites is 1. The number of rotatable bonds is 4. The Balaban J connectivity index is 1.55. The molecule has 140 valence electrons. The van der Waals surface area contributed by atoms with Gasteiger partial charge < -0.3 is 15.1 Å². The molecule has 0 aliphatic carbocycles. The van der Waals surface area contributed by atoms with Gasteiger partial charge in [-0.05, 0) is 56.6 Å². The molecule has 2 aliphatic rings. The molecule has 4 nitrogen and oxygen atoms in total. The second kappa shape index (κ2) is 8.07. The summed E-state index contributed by atoms with van der Waals surface area (Å²) < 4.78 is 5.80. The van der Waals surface area contributed by atoms with Crippen LogP contribution in [0, 0.1) is 6.92 Å². The van der Waals surface area contributed by atoms with Gasteiger partial charge in [0.2, 0.25) is 0 Å². The topological polar surface area (TPSA) is 45.6 Å². The maximum atomic E-state index is 6.58. The van der Waals surface area contributed by atoms with Crippen molar-refractivity contribution in [2.24, 2.45) is 5.73 Å². The summed E-state index contributed by atoms with van der Waals surface area (Å²) >= 11 is 2.12. The minimum Gasteiger partial charge on any atom is -0.464 e. The SMILES string of the molecule is Cc1ccc(C(N)c2ccccc2N2CCSC(N3CCCCC3)C2)o1. The van der Waals surface area contributed by atoms with E-state index in [1.807, 2.05) is 19.1 Å². The largest absolute Gasteiger partial charge is 0.464 e. The number of nitrogens with two attached hydrogens (primary N) is 1. The summed E-state index contributed by atoms with van der Waals surface area (Å²) in [5, 5.41) is 0.596. The van der Waals surface area contributed by atoms with E-state index in [0.717, 1.165) is 30.2 Å². The summed E-state index contributed by atoms with van der Waals surface area (Å²) in [6.45, 7) is 6.62. The Kier molecular flexibility index (Phi) is 5.57. The van der Waals surface area contributed by atoms with E-state index >= 15 is 0 Å². The molecule has 2 aliphatic heterocycles. The molecule has 1 aromatic carbocycles. The van der Waals surface area contributed by atoms with Crippen molar-refractivity contribution in [3.8, 4) is 0 Å². The highest BCUT2D eigenvalue weighted by molar-refractivity contribution is 7.99. The van der Waals surface area contributed by atoms with E-state index in [9.17, 15) is 0 Å². The molecular formula is C21H29N3OS. The van der Waals surface area contributed by atoms with Crippen LogP contribution in [0.2, 0.25) is 0 Å². The lowest BCUT2D eigenvalue weighted by atomic mass is 10.0. The van der Waals surface area contributed by atoms with E-state index in [-0.39, 0.29) is 6.04 Å². The molecule has 2 unspecified atom stereocenters. The molecule has 2 atom stereocenters. The molecule has 2 fully saturated rings. The van der Waals surface area contributed by atoms with E-state index in [1.54, 1.807) is 0 Å². The summed E-state index contributed by atoms with van der Waals surface area (Å²) in [6.07, 6.45) is 4.07. The Bertz CT molecular complexity index is 726. The first-order valence-corrected chi connectivity index (χ1v) is 10.8. The van der Waals surface area contributed by atoms with E-state index in [0.29, 0.717) is 5.37 Å². The Morgan fingerprint density at radius 1 is 1.08 bits per heavy atom. The summed E-state index contributed by atoms with van der Waals surface area (Å²) in [5.74, 6) is 2.92. The summed E-state index contributed by atoms with van der Waals surface area (Å²) in [6, 6.07) is 12.3. The molecule has 2 N–H and O–H groups in total. The zero-order chi connectivity index (χ0) is 17.9. The second-order valence-corrected chi connectivity index (χ2v) is 8.64. The normalized spacial score (nSPS) is 23.2. The van der Waals surface area contributed by atoms with Crippen molar-refractivity contribution in [3.63, 3.8) is 0 Å².